The van der Waals surface area contributed by atoms with Crippen LogP contribution >= 0.6 is 0 Å². The first-order valence-corrected chi connectivity index (χ1v) is 3.61. The van der Waals surface area contributed by atoms with Gasteiger partial charge >= 0.3 is 0 Å². The lowest BCUT2D eigenvalue weighted by Crippen LogP contribution is -2.20. The van der Waals surface area contributed by atoms with E-state index in [0.717, 1.165) is 6.42 Å². The number of methoxy groups -OCH3 is 1. The number of carbonyl (C=O) groups excluding carboxylic acids is 1. The molecule has 0 heterocycles. The van der Waals surface area contributed by atoms with Crippen molar-refractivity contribution in [3.05, 3.63) is 12.3 Å². The zero-order valence-electron chi connectivity index (χ0n) is 7.14. The van der Waals surface area contributed by atoms with Crippen molar-refractivity contribution in [2.45, 2.75) is 19.8 Å². The van der Waals surface area contributed by atoms with Gasteiger partial charge in [-0.2, -0.15) is 0 Å². The monoisotopic (exact) mass is 157 g/mol. The Balaban J connectivity index is 3.30. The molecule has 0 spiro atoms. The number of hydrogen-bond donors (Lipinski definition) is 1. The second kappa shape index (κ2) is 5.92. The Kier molecular flexibility index (Phi) is 5.47. The molecule has 0 bridgehead atoms. The summed E-state index contributed by atoms with van der Waals surface area (Å²) in [6, 6.07) is 0. The third-order valence-corrected chi connectivity index (χ3v) is 1.11. The molecule has 0 aliphatic carbocycles. The van der Waals surface area contributed by atoms with E-state index in [1.807, 2.05) is 0 Å². The van der Waals surface area contributed by atoms with Gasteiger partial charge in [-0.25, -0.2) is 0 Å². The fourth-order valence-electron chi connectivity index (χ4n) is 0.678. The van der Waals surface area contributed by atoms with Gasteiger partial charge in [0.25, 0.3) is 0 Å². The highest BCUT2D eigenvalue weighted by molar-refractivity contribution is 5.77. The third-order valence-electron chi connectivity index (χ3n) is 1.11. The minimum atomic E-state index is 0.00884. The molecule has 11 heavy (non-hydrogen) atoms. The molecule has 3 nitrogen and oxygen atoms in total. The molecule has 0 atom stereocenters. The number of rotatable bonds is 5. The Morgan fingerprint density at radius 3 is 2.73 bits per heavy atom. The van der Waals surface area contributed by atoms with Gasteiger partial charge in [0.05, 0.1) is 0 Å². The van der Waals surface area contributed by atoms with Crippen molar-refractivity contribution in [2.24, 2.45) is 0 Å². The van der Waals surface area contributed by atoms with Crippen molar-refractivity contribution in [2.75, 3.05) is 13.7 Å². The molecule has 0 saturated carbocycles. The maximum absolute atomic E-state index is 10.9. The molecule has 0 aromatic carbocycles. The molecule has 1 amide bonds. The first-order chi connectivity index (χ1) is 5.16. The molecular weight excluding hydrogens is 142 g/mol. The summed E-state index contributed by atoms with van der Waals surface area (Å²) >= 11 is 0. The van der Waals surface area contributed by atoms with Gasteiger partial charge in [-0.15, -0.1) is 0 Å². The first-order valence-electron chi connectivity index (χ1n) is 3.61. The minimum Gasteiger partial charge on any atom is -0.385 e. The van der Waals surface area contributed by atoms with Crippen molar-refractivity contribution in [3.63, 3.8) is 0 Å². The number of amides is 1. The van der Waals surface area contributed by atoms with E-state index < -0.39 is 0 Å². The van der Waals surface area contributed by atoms with E-state index in [0.29, 0.717) is 18.7 Å². The number of hydrogen-bond acceptors (Lipinski definition) is 2. The maximum atomic E-state index is 10.9. The fraction of sp³-hybridized carbons (Fsp3) is 0.625. The lowest BCUT2D eigenvalue weighted by Gasteiger charge is -2.02. The summed E-state index contributed by atoms with van der Waals surface area (Å²) in [5.74, 6) is 0.00884. The van der Waals surface area contributed by atoms with Crippen LogP contribution in [0.4, 0.5) is 0 Å². The van der Waals surface area contributed by atoms with Gasteiger partial charge in [0.15, 0.2) is 0 Å². The molecule has 0 fully saturated rings. The largest absolute Gasteiger partial charge is 0.385 e. The zero-order valence-corrected chi connectivity index (χ0v) is 7.14. The van der Waals surface area contributed by atoms with Crippen LogP contribution in [0.5, 0.6) is 0 Å². The predicted molar refractivity (Wildman–Crippen MR) is 44.1 cm³/mol. The van der Waals surface area contributed by atoms with Gasteiger partial charge in [-0.05, 0) is 13.3 Å². The number of carbonyl (C=O) groups is 1. The second-order valence-corrected chi connectivity index (χ2v) is 2.42. The Morgan fingerprint density at radius 2 is 2.27 bits per heavy atom. The Hall–Kier alpha value is -0.830. The molecule has 0 unspecified atom stereocenters. The second-order valence-electron chi connectivity index (χ2n) is 2.42. The SMILES string of the molecule is C=C(C)NC(=O)CCCOC. The molecule has 1 N–H and O–H groups in total. The highest BCUT2D eigenvalue weighted by Crippen LogP contribution is 1.90. The summed E-state index contributed by atoms with van der Waals surface area (Å²) in [4.78, 5) is 10.9. The quantitative estimate of drug-likeness (QED) is 0.606. The maximum Gasteiger partial charge on any atom is 0.224 e. The number of allylic oxidation sites excluding steroid dienone is 1. The van der Waals surface area contributed by atoms with E-state index in [1.165, 1.54) is 0 Å². The van der Waals surface area contributed by atoms with Crippen molar-refractivity contribution in [1.29, 1.82) is 0 Å². The van der Waals surface area contributed by atoms with Crippen LogP contribution in [0.15, 0.2) is 12.3 Å². The smallest absolute Gasteiger partial charge is 0.224 e. The summed E-state index contributed by atoms with van der Waals surface area (Å²) < 4.78 is 4.79. The van der Waals surface area contributed by atoms with E-state index in [2.05, 4.69) is 11.9 Å². The molecule has 0 radical (unpaired) electrons. The molecule has 0 aromatic heterocycles. The predicted octanol–water partition coefficient (Wildman–Crippen LogP) is 1.06. The molecule has 64 valence electrons. The molecule has 0 aliphatic heterocycles. The molecule has 0 aromatic rings. The van der Waals surface area contributed by atoms with Crippen LogP contribution in [0.2, 0.25) is 0 Å². The van der Waals surface area contributed by atoms with Gasteiger partial charge < -0.3 is 10.1 Å². The summed E-state index contributed by atoms with van der Waals surface area (Å²) in [5, 5.41) is 2.61. The van der Waals surface area contributed by atoms with Crippen molar-refractivity contribution < 1.29 is 9.53 Å². The van der Waals surface area contributed by atoms with Gasteiger partial charge in [-0.1, -0.05) is 6.58 Å². The number of nitrogens with one attached hydrogen (secondary N) is 1. The van der Waals surface area contributed by atoms with E-state index in [4.69, 9.17) is 4.74 Å². The Labute approximate surface area is 67.4 Å². The van der Waals surface area contributed by atoms with Gasteiger partial charge in [0.2, 0.25) is 5.91 Å². The zero-order chi connectivity index (χ0) is 8.69. The van der Waals surface area contributed by atoms with Gasteiger partial charge in [0, 0.05) is 25.8 Å². The highest BCUT2D eigenvalue weighted by atomic mass is 16.5. The summed E-state index contributed by atoms with van der Waals surface area (Å²) in [5.41, 5.74) is 0.687. The summed E-state index contributed by atoms with van der Waals surface area (Å²) in [6.07, 6.45) is 1.26. The van der Waals surface area contributed by atoms with Gasteiger partial charge in [0.1, 0.15) is 0 Å². The normalized spacial score (nSPS) is 9.27. The Morgan fingerprint density at radius 1 is 1.64 bits per heavy atom. The van der Waals surface area contributed by atoms with E-state index in [-0.39, 0.29) is 5.91 Å². The van der Waals surface area contributed by atoms with Crippen LogP contribution in [0.3, 0.4) is 0 Å². The topological polar surface area (TPSA) is 38.3 Å². The lowest BCUT2D eigenvalue weighted by atomic mass is 10.3. The number of ether oxygens (including phenoxy) is 1. The van der Waals surface area contributed by atoms with Crippen molar-refractivity contribution in [3.8, 4) is 0 Å². The fourth-order valence-corrected chi connectivity index (χ4v) is 0.678. The average molecular weight is 157 g/mol. The third kappa shape index (κ3) is 7.06. The highest BCUT2D eigenvalue weighted by Gasteiger charge is 1.98. The van der Waals surface area contributed by atoms with Crippen LogP contribution in [-0.4, -0.2) is 19.6 Å². The van der Waals surface area contributed by atoms with Gasteiger partial charge in [-0.3, -0.25) is 4.79 Å². The lowest BCUT2D eigenvalue weighted by molar-refractivity contribution is -0.120. The standard InChI is InChI=1S/C8H15NO2/c1-7(2)9-8(10)5-4-6-11-3/h1,4-6H2,2-3H3,(H,9,10). The Bertz CT molecular complexity index is 143. The van der Waals surface area contributed by atoms with E-state index >= 15 is 0 Å². The first kappa shape index (κ1) is 10.2. The van der Waals surface area contributed by atoms with Crippen LogP contribution in [0, 0.1) is 0 Å². The summed E-state index contributed by atoms with van der Waals surface area (Å²) in [7, 11) is 1.62. The van der Waals surface area contributed by atoms with Crippen LogP contribution in [0.25, 0.3) is 0 Å². The minimum absolute atomic E-state index is 0.00884. The van der Waals surface area contributed by atoms with Crippen LogP contribution in [0.1, 0.15) is 19.8 Å². The van der Waals surface area contributed by atoms with E-state index in [1.54, 1.807) is 14.0 Å². The molecule has 3 heteroatoms. The van der Waals surface area contributed by atoms with Crippen molar-refractivity contribution >= 4 is 5.91 Å². The summed E-state index contributed by atoms with van der Waals surface area (Å²) in [6.45, 7) is 5.95. The van der Waals surface area contributed by atoms with E-state index in [9.17, 15) is 4.79 Å². The van der Waals surface area contributed by atoms with Crippen molar-refractivity contribution in [1.82, 2.24) is 5.32 Å². The molecular formula is C8H15NO2. The van der Waals surface area contributed by atoms with Crippen LogP contribution < -0.4 is 5.32 Å². The van der Waals surface area contributed by atoms with Crippen LogP contribution in [-0.2, 0) is 9.53 Å². The molecule has 0 rings (SSSR count). The molecule has 0 saturated heterocycles. The average Bonchev–Trinajstić information content (AvgIpc) is 1.86. The molecule has 0 aliphatic rings.